The van der Waals surface area contributed by atoms with Crippen LogP contribution in [0.15, 0.2) is 18.3 Å². The minimum atomic E-state index is -3.61. The van der Waals surface area contributed by atoms with Gasteiger partial charge in [0.05, 0.1) is 32.3 Å². The van der Waals surface area contributed by atoms with Gasteiger partial charge in [0.25, 0.3) is 6.47 Å². The predicted octanol–water partition coefficient (Wildman–Crippen LogP) is -0.584. The lowest BCUT2D eigenvalue weighted by Gasteiger charge is -2.30. The number of aromatic nitrogens is 1. The van der Waals surface area contributed by atoms with E-state index in [1.807, 2.05) is 0 Å². The van der Waals surface area contributed by atoms with E-state index in [0.717, 1.165) is 10.6 Å². The molecule has 11 heteroatoms. The number of sulfonamides is 1. The normalized spacial score (nSPS) is 14.1. The fourth-order valence-corrected chi connectivity index (χ4v) is 2.94. The van der Waals surface area contributed by atoms with Crippen LogP contribution >= 0.6 is 0 Å². The Morgan fingerprint density at radius 1 is 1.48 bits per heavy atom. The minimum Gasteiger partial charge on any atom is -0.483 e. The average Bonchev–Trinajstić information content (AvgIpc) is 2.60. The van der Waals surface area contributed by atoms with Crippen molar-refractivity contribution in [1.29, 1.82) is 0 Å². The van der Waals surface area contributed by atoms with Gasteiger partial charge in [-0.15, -0.1) is 0 Å². The van der Waals surface area contributed by atoms with E-state index in [9.17, 15) is 13.2 Å². The molecule has 2 rings (SSSR count). The van der Waals surface area contributed by atoms with Gasteiger partial charge in [0.2, 0.25) is 21.8 Å². The third kappa shape index (κ3) is 6.55. The first-order valence-corrected chi connectivity index (χ1v) is 9.09. The summed E-state index contributed by atoms with van der Waals surface area (Å²) in [7, 11) is -2.17. The molecule has 140 valence electrons. The number of amides is 1. The molecule has 1 aromatic rings. The van der Waals surface area contributed by atoms with E-state index in [-0.39, 0.29) is 24.8 Å². The summed E-state index contributed by atoms with van der Waals surface area (Å²) in [6.07, 6.45) is 2.50. The number of carbonyl (C=O) groups is 2. The summed E-state index contributed by atoms with van der Waals surface area (Å²) in [4.78, 5) is 26.2. The topological polar surface area (TPSA) is 126 Å². The van der Waals surface area contributed by atoms with Crippen molar-refractivity contribution in [2.24, 2.45) is 0 Å². The van der Waals surface area contributed by atoms with Crippen molar-refractivity contribution in [1.82, 2.24) is 9.88 Å². The van der Waals surface area contributed by atoms with Gasteiger partial charge in [0.1, 0.15) is 6.54 Å². The van der Waals surface area contributed by atoms with E-state index in [1.165, 1.54) is 25.4 Å². The van der Waals surface area contributed by atoms with Gasteiger partial charge in [-0.25, -0.2) is 13.4 Å². The summed E-state index contributed by atoms with van der Waals surface area (Å²) in [6, 6.07) is 3.00. The monoisotopic (exact) mass is 375 g/mol. The van der Waals surface area contributed by atoms with Crippen LogP contribution in [0.3, 0.4) is 0 Å². The fraction of sp³-hybridized carbons (Fsp3) is 0.500. The van der Waals surface area contributed by atoms with Crippen LogP contribution in [-0.2, 0) is 24.3 Å². The Bertz CT molecular complexity index is 675. The van der Waals surface area contributed by atoms with Gasteiger partial charge < -0.3 is 19.5 Å². The number of carboxylic acid groups (broad SMARTS) is 1. The zero-order chi connectivity index (χ0) is 18.9. The molecule has 1 aliphatic rings. The van der Waals surface area contributed by atoms with Crippen molar-refractivity contribution in [3.63, 3.8) is 0 Å². The molecule has 10 nitrogen and oxygen atoms in total. The Kier molecular flexibility index (Phi) is 8.08. The number of morpholine rings is 1. The van der Waals surface area contributed by atoms with Crippen LogP contribution in [0.4, 0.5) is 5.69 Å². The van der Waals surface area contributed by atoms with Crippen LogP contribution in [0.1, 0.15) is 0 Å². The number of nitrogens with zero attached hydrogens (tertiary/aromatic N) is 3. The summed E-state index contributed by atoms with van der Waals surface area (Å²) in [6.45, 7) is 1.36. The smallest absolute Gasteiger partial charge is 0.290 e. The number of pyridine rings is 1. The van der Waals surface area contributed by atoms with Crippen LogP contribution < -0.4 is 9.04 Å². The van der Waals surface area contributed by atoms with Gasteiger partial charge >= 0.3 is 0 Å². The number of ether oxygens (including phenoxy) is 2. The standard InChI is InChI=1S/C13H19N3O5S.CH2O2/c1-20-12-9-11(3-4-14-12)16(22(2,18)19)10-13(17)15-5-7-21-8-6-15;2-1-3/h3-4,9H,5-8,10H2,1-2H3;1H,(H,2,3). The van der Waals surface area contributed by atoms with Crippen LogP contribution in [0.2, 0.25) is 0 Å². The van der Waals surface area contributed by atoms with Crippen LogP contribution in [0.25, 0.3) is 0 Å². The molecule has 1 aliphatic heterocycles. The van der Waals surface area contributed by atoms with Gasteiger partial charge in [-0.2, -0.15) is 0 Å². The molecule has 0 aromatic carbocycles. The molecule has 0 unspecified atom stereocenters. The third-order valence-corrected chi connectivity index (χ3v) is 4.40. The van der Waals surface area contributed by atoms with E-state index in [1.54, 1.807) is 4.90 Å². The summed E-state index contributed by atoms with van der Waals surface area (Å²) < 4.78 is 35.3. The molecule has 2 heterocycles. The second-order valence-electron chi connectivity index (χ2n) is 4.92. The van der Waals surface area contributed by atoms with Gasteiger partial charge in [-0.1, -0.05) is 0 Å². The Labute approximate surface area is 146 Å². The van der Waals surface area contributed by atoms with Crippen molar-refractivity contribution < 1.29 is 32.6 Å². The minimum absolute atomic E-state index is 0.250. The Morgan fingerprint density at radius 2 is 2.08 bits per heavy atom. The highest BCUT2D eigenvalue weighted by Gasteiger charge is 2.25. The first-order chi connectivity index (χ1) is 11.8. The summed E-state index contributed by atoms with van der Waals surface area (Å²) >= 11 is 0. The lowest BCUT2D eigenvalue weighted by Crippen LogP contribution is -2.47. The molecule has 0 aliphatic carbocycles. The zero-order valence-corrected chi connectivity index (χ0v) is 14.8. The molecule has 1 amide bonds. The average molecular weight is 375 g/mol. The number of anilines is 1. The SMILES string of the molecule is COc1cc(N(CC(=O)N2CCOCC2)S(C)(=O)=O)ccn1.O=CO. The first-order valence-electron chi connectivity index (χ1n) is 7.24. The molecular formula is C14H21N3O7S. The number of rotatable bonds is 5. The Balaban J connectivity index is 0.000000970. The second kappa shape index (κ2) is 9.79. The summed E-state index contributed by atoms with van der Waals surface area (Å²) in [5, 5.41) is 6.89. The molecule has 0 atom stereocenters. The summed E-state index contributed by atoms with van der Waals surface area (Å²) in [5.74, 6) is 0.0227. The predicted molar refractivity (Wildman–Crippen MR) is 89.1 cm³/mol. The molecular weight excluding hydrogens is 354 g/mol. The highest BCUT2D eigenvalue weighted by atomic mass is 32.2. The van der Waals surface area contributed by atoms with Crippen molar-refractivity contribution in [3.8, 4) is 5.88 Å². The van der Waals surface area contributed by atoms with Crippen LogP contribution in [0.5, 0.6) is 5.88 Å². The molecule has 1 N–H and O–H groups in total. The fourth-order valence-electron chi connectivity index (χ4n) is 2.10. The van der Waals surface area contributed by atoms with Gasteiger partial charge in [-0.05, 0) is 6.07 Å². The Morgan fingerprint density at radius 3 is 2.60 bits per heavy atom. The molecule has 0 bridgehead atoms. The van der Waals surface area contributed by atoms with E-state index in [0.29, 0.717) is 32.0 Å². The maximum Gasteiger partial charge on any atom is 0.290 e. The Hall–Kier alpha value is -2.40. The molecule has 25 heavy (non-hydrogen) atoms. The number of hydrogen-bond donors (Lipinski definition) is 1. The van der Waals surface area contributed by atoms with Crippen LogP contribution in [0, 0.1) is 0 Å². The van der Waals surface area contributed by atoms with Crippen molar-refractivity contribution in [2.75, 3.05) is 50.5 Å². The molecule has 0 saturated carbocycles. The number of carbonyl (C=O) groups excluding carboxylic acids is 1. The number of methoxy groups -OCH3 is 1. The summed E-state index contributed by atoms with van der Waals surface area (Å²) in [5.41, 5.74) is 0.343. The third-order valence-electron chi connectivity index (χ3n) is 3.26. The quantitative estimate of drug-likeness (QED) is 0.677. The van der Waals surface area contributed by atoms with Gasteiger partial charge in [0, 0.05) is 25.4 Å². The van der Waals surface area contributed by atoms with Crippen molar-refractivity contribution in [2.45, 2.75) is 0 Å². The molecule has 1 fully saturated rings. The van der Waals surface area contributed by atoms with Crippen molar-refractivity contribution >= 4 is 28.1 Å². The highest BCUT2D eigenvalue weighted by Crippen LogP contribution is 2.21. The largest absolute Gasteiger partial charge is 0.483 e. The van der Waals surface area contributed by atoms with Crippen molar-refractivity contribution in [3.05, 3.63) is 18.3 Å². The first kappa shape index (κ1) is 20.6. The van der Waals surface area contributed by atoms with E-state index >= 15 is 0 Å². The molecule has 1 aromatic heterocycles. The zero-order valence-electron chi connectivity index (χ0n) is 14.0. The molecule has 0 spiro atoms. The molecule has 1 saturated heterocycles. The highest BCUT2D eigenvalue weighted by molar-refractivity contribution is 7.92. The molecule has 0 radical (unpaired) electrons. The second-order valence-corrected chi connectivity index (χ2v) is 6.83. The lowest BCUT2D eigenvalue weighted by atomic mass is 10.3. The van der Waals surface area contributed by atoms with E-state index in [4.69, 9.17) is 19.4 Å². The van der Waals surface area contributed by atoms with Gasteiger partial charge in [-0.3, -0.25) is 13.9 Å². The number of hydrogen-bond acceptors (Lipinski definition) is 7. The van der Waals surface area contributed by atoms with E-state index in [2.05, 4.69) is 4.98 Å². The maximum absolute atomic E-state index is 12.3. The lowest BCUT2D eigenvalue weighted by molar-refractivity contribution is -0.133. The van der Waals surface area contributed by atoms with E-state index < -0.39 is 10.0 Å². The van der Waals surface area contributed by atoms with Crippen LogP contribution in [-0.4, -0.2) is 82.0 Å². The van der Waals surface area contributed by atoms with Gasteiger partial charge in [0.15, 0.2) is 0 Å². The maximum atomic E-state index is 12.3.